The third-order valence-corrected chi connectivity index (χ3v) is 7.02. The Morgan fingerprint density at radius 2 is 2.03 bits per heavy atom. The van der Waals surface area contributed by atoms with Gasteiger partial charge in [-0.1, -0.05) is 18.2 Å². The highest BCUT2D eigenvalue weighted by molar-refractivity contribution is 7.88. The van der Waals surface area contributed by atoms with Crippen molar-refractivity contribution in [1.29, 1.82) is 0 Å². The predicted octanol–water partition coefficient (Wildman–Crippen LogP) is 4.65. The zero-order valence-electron chi connectivity index (χ0n) is 17.8. The van der Waals surface area contributed by atoms with E-state index in [1.54, 1.807) is 12.1 Å². The number of nitrogens with one attached hydrogen (secondary N) is 1. The van der Waals surface area contributed by atoms with Crippen molar-refractivity contribution < 1.29 is 26.7 Å². The Morgan fingerprint density at radius 1 is 1.24 bits per heavy atom. The van der Waals surface area contributed by atoms with Crippen LogP contribution in [0.4, 0.5) is 8.78 Å². The van der Waals surface area contributed by atoms with Crippen LogP contribution in [0, 0.1) is 11.6 Å². The summed E-state index contributed by atoms with van der Waals surface area (Å²) in [7, 11) is -3.40. The minimum absolute atomic E-state index is 0.0481. The number of benzene rings is 2. The van der Waals surface area contributed by atoms with Gasteiger partial charge >= 0.3 is 0 Å². The van der Waals surface area contributed by atoms with Crippen molar-refractivity contribution in [2.75, 3.05) is 6.26 Å². The number of halogens is 3. The van der Waals surface area contributed by atoms with Crippen molar-refractivity contribution in [3.8, 4) is 16.9 Å². The van der Waals surface area contributed by atoms with Gasteiger partial charge in [0.2, 0.25) is 15.9 Å². The highest BCUT2D eigenvalue weighted by atomic mass is 35.5. The van der Waals surface area contributed by atoms with Crippen molar-refractivity contribution in [1.82, 2.24) is 9.71 Å². The van der Waals surface area contributed by atoms with Gasteiger partial charge in [-0.15, -0.1) is 11.6 Å². The largest absolute Gasteiger partial charge is 0.504 e. The van der Waals surface area contributed by atoms with E-state index in [0.717, 1.165) is 12.3 Å². The molecule has 2 atom stereocenters. The van der Waals surface area contributed by atoms with Crippen molar-refractivity contribution in [2.24, 2.45) is 0 Å². The van der Waals surface area contributed by atoms with Crippen LogP contribution in [0.3, 0.4) is 0 Å². The van der Waals surface area contributed by atoms with Crippen molar-refractivity contribution in [3.63, 3.8) is 0 Å². The molecule has 0 radical (unpaired) electrons. The summed E-state index contributed by atoms with van der Waals surface area (Å²) in [5.74, 6) is -1.45. The van der Waals surface area contributed by atoms with E-state index in [9.17, 15) is 22.3 Å². The summed E-state index contributed by atoms with van der Waals surface area (Å²) in [6, 6.07) is 8.08. The first-order chi connectivity index (χ1) is 15.6. The first-order valence-electron chi connectivity index (χ1n) is 10.3. The lowest BCUT2D eigenvalue weighted by atomic mass is 9.79. The van der Waals surface area contributed by atoms with E-state index in [0.29, 0.717) is 42.8 Å². The van der Waals surface area contributed by atoms with Gasteiger partial charge in [0, 0.05) is 17.2 Å². The molecular weight excluding hydrogens is 474 g/mol. The molecule has 6 nitrogen and oxygen atoms in total. The van der Waals surface area contributed by atoms with Gasteiger partial charge in [0.25, 0.3) is 0 Å². The smallest absolute Gasteiger partial charge is 0.208 e. The summed E-state index contributed by atoms with van der Waals surface area (Å²) in [6.07, 6.45) is 4.55. The molecule has 1 aliphatic carbocycles. The lowest BCUT2D eigenvalue weighted by Gasteiger charge is -2.26. The first-order valence-corrected chi connectivity index (χ1v) is 12.8. The number of para-hydroxylation sites is 1. The molecule has 176 valence electrons. The second kappa shape index (κ2) is 9.04. The van der Waals surface area contributed by atoms with E-state index >= 15 is 0 Å². The monoisotopic (exact) mass is 496 g/mol. The second-order valence-electron chi connectivity index (χ2n) is 8.51. The summed E-state index contributed by atoms with van der Waals surface area (Å²) in [6.45, 7) is 0. The fourth-order valence-corrected chi connectivity index (χ4v) is 5.51. The van der Waals surface area contributed by atoms with Crippen molar-refractivity contribution in [3.05, 3.63) is 71.4 Å². The summed E-state index contributed by atoms with van der Waals surface area (Å²) in [5.41, 5.74) is 0.742. The molecular formula is C23H23ClF2N2O4S. The third kappa shape index (κ3) is 5.05. The Kier molecular flexibility index (Phi) is 6.48. The number of phenolic OH excluding ortho intramolecular Hbond substituents is 1. The number of hydrogen-bond acceptors (Lipinski definition) is 5. The van der Waals surface area contributed by atoms with Crippen LogP contribution in [0.1, 0.15) is 36.4 Å². The molecule has 1 aliphatic rings. The van der Waals surface area contributed by atoms with E-state index in [1.165, 1.54) is 24.5 Å². The minimum atomic E-state index is -3.40. The lowest BCUT2D eigenvalue weighted by Crippen LogP contribution is -2.35. The molecule has 0 bridgehead atoms. The molecule has 1 saturated carbocycles. The predicted molar refractivity (Wildman–Crippen MR) is 121 cm³/mol. The van der Waals surface area contributed by atoms with Crippen molar-refractivity contribution in [2.45, 2.75) is 43.0 Å². The SMILES string of the molecule is CS(=O)(=O)N[C@H]1CC[C@](Cc2ccc(F)c(-c3cccc(F)c3O)c2)(c2nc(CCl)co2)C1. The maximum Gasteiger partial charge on any atom is 0.208 e. The van der Waals surface area contributed by atoms with Crippen LogP contribution in [-0.4, -0.2) is 30.8 Å². The number of hydrogen-bond donors (Lipinski definition) is 2. The van der Waals surface area contributed by atoms with Crippen LogP contribution in [0.5, 0.6) is 5.75 Å². The zero-order chi connectivity index (χ0) is 23.8. The number of phenols is 1. The second-order valence-corrected chi connectivity index (χ2v) is 10.6. The maximum atomic E-state index is 14.6. The van der Waals surface area contributed by atoms with Gasteiger partial charge in [-0.25, -0.2) is 26.9 Å². The molecule has 0 saturated heterocycles. The summed E-state index contributed by atoms with van der Waals surface area (Å²) < 4.78 is 60.4. The zero-order valence-corrected chi connectivity index (χ0v) is 19.4. The Balaban J connectivity index is 1.72. The Hall–Kier alpha value is -2.49. The highest BCUT2D eigenvalue weighted by Crippen LogP contribution is 2.44. The fraction of sp³-hybridized carbons (Fsp3) is 0.348. The molecule has 0 aliphatic heterocycles. The standard InChI is InChI=1S/C23H23ClF2N2O4S/c1-33(30,31)28-15-7-8-23(11-15,22-27-16(12-24)13-32-22)10-14-5-6-19(25)18(9-14)17-3-2-4-20(26)21(17)29/h2-6,9,13,15,28-29H,7-8,10-12H2,1H3/t15-,23+/m0/s1. The third-order valence-electron chi connectivity index (χ3n) is 5.98. The average molecular weight is 497 g/mol. The summed E-state index contributed by atoms with van der Waals surface area (Å²) in [4.78, 5) is 4.49. The normalized spacial score (nSPS) is 20.9. The Labute approximate surface area is 195 Å². The van der Waals surface area contributed by atoms with Crippen LogP contribution in [0.25, 0.3) is 11.1 Å². The molecule has 10 heteroatoms. The van der Waals surface area contributed by atoms with Crippen LogP contribution >= 0.6 is 11.6 Å². The number of alkyl halides is 1. The Bertz CT molecular complexity index is 1280. The van der Waals surface area contributed by atoms with Crippen LogP contribution in [0.2, 0.25) is 0 Å². The van der Waals surface area contributed by atoms with Gasteiger partial charge < -0.3 is 9.52 Å². The van der Waals surface area contributed by atoms with E-state index in [1.807, 2.05) is 0 Å². The topological polar surface area (TPSA) is 92.4 Å². The molecule has 3 aromatic rings. The minimum Gasteiger partial charge on any atom is -0.504 e. The Morgan fingerprint density at radius 3 is 2.73 bits per heavy atom. The molecule has 2 aromatic carbocycles. The number of nitrogens with zero attached hydrogens (tertiary/aromatic N) is 1. The number of aromatic nitrogens is 1. The van der Waals surface area contributed by atoms with Gasteiger partial charge in [-0.3, -0.25) is 0 Å². The van der Waals surface area contributed by atoms with Gasteiger partial charge in [0.05, 0.1) is 23.2 Å². The summed E-state index contributed by atoms with van der Waals surface area (Å²) >= 11 is 5.89. The van der Waals surface area contributed by atoms with Crippen LogP contribution < -0.4 is 4.72 Å². The van der Waals surface area contributed by atoms with Crippen LogP contribution in [0.15, 0.2) is 47.1 Å². The maximum absolute atomic E-state index is 14.6. The quantitative estimate of drug-likeness (QED) is 0.465. The van der Waals surface area contributed by atoms with E-state index in [-0.39, 0.29) is 23.0 Å². The van der Waals surface area contributed by atoms with Gasteiger partial charge in [-0.05, 0) is 49.4 Å². The van der Waals surface area contributed by atoms with Gasteiger partial charge in [0.1, 0.15) is 12.1 Å². The molecule has 2 N–H and O–H groups in total. The van der Waals surface area contributed by atoms with Gasteiger partial charge in [0.15, 0.2) is 11.6 Å². The van der Waals surface area contributed by atoms with E-state index in [2.05, 4.69) is 9.71 Å². The number of sulfonamides is 1. The lowest BCUT2D eigenvalue weighted by molar-refractivity contribution is 0.318. The van der Waals surface area contributed by atoms with E-state index in [4.69, 9.17) is 16.0 Å². The summed E-state index contributed by atoms with van der Waals surface area (Å²) in [5, 5.41) is 10.1. The van der Waals surface area contributed by atoms with Crippen LogP contribution in [-0.2, 0) is 27.7 Å². The fourth-order valence-electron chi connectivity index (χ4n) is 4.58. The first kappa shape index (κ1) is 23.7. The molecule has 0 amide bonds. The molecule has 1 fully saturated rings. The molecule has 1 heterocycles. The average Bonchev–Trinajstić information content (AvgIpc) is 3.39. The number of oxazole rings is 1. The van der Waals surface area contributed by atoms with Crippen molar-refractivity contribution >= 4 is 21.6 Å². The number of rotatable bonds is 7. The van der Waals surface area contributed by atoms with Gasteiger partial charge in [-0.2, -0.15) is 0 Å². The molecule has 1 aromatic heterocycles. The molecule has 33 heavy (non-hydrogen) atoms. The molecule has 4 rings (SSSR count). The highest BCUT2D eigenvalue weighted by Gasteiger charge is 2.45. The number of aromatic hydroxyl groups is 1. The molecule has 0 unspecified atom stereocenters. The van der Waals surface area contributed by atoms with E-state index < -0.39 is 32.8 Å². The molecule has 0 spiro atoms.